The van der Waals surface area contributed by atoms with Crippen molar-refractivity contribution in [3.8, 4) is 0 Å². The SMILES string of the molecule is CCC1CN(S(=O)(=O)c2ccc(CNC)cc2)CCO1. The van der Waals surface area contributed by atoms with Crippen LogP contribution in [0.2, 0.25) is 0 Å². The van der Waals surface area contributed by atoms with Gasteiger partial charge in [0.1, 0.15) is 0 Å². The summed E-state index contributed by atoms with van der Waals surface area (Å²) in [6, 6.07) is 7.05. The summed E-state index contributed by atoms with van der Waals surface area (Å²) in [7, 11) is -1.54. The molecule has 1 aromatic carbocycles. The minimum atomic E-state index is -3.40. The van der Waals surface area contributed by atoms with Gasteiger partial charge < -0.3 is 10.1 Å². The minimum absolute atomic E-state index is 0.00193. The number of nitrogens with one attached hydrogen (secondary N) is 1. The molecule has 20 heavy (non-hydrogen) atoms. The lowest BCUT2D eigenvalue weighted by molar-refractivity contribution is -0.00277. The molecule has 1 N–H and O–H groups in total. The van der Waals surface area contributed by atoms with Crippen LogP contribution in [0, 0.1) is 0 Å². The second-order valence-corrected chi connectivity index (χ2v) is 6.88. The first-order valence-corrected chi connectivity index (χ1v) is 8.37. The normalized spacial score (nSPS) is 21.0. The molecular formula is C14H22N2O3S. The van der Waals surface area contributed by atoms with Crippen molar-refractivity contribution in [3.05, 3.63) is 29.8 Å². The summed E-state index contributed by atoms with van der Waals surface area (Å²) in [5.74, 6) is 0. The van der Waals surface area contributed by atoms with Crippen LogP contribution in [0.1, 0.15) is 18.9 Å². The molecule has 1 aliphatic rings. The number of morpholine rings is 1. The number of ether oxygens (including phenoxy) is 1. The molecule has 1 aromatic rings. The van der Waals surface area contributed by atoms with Crippen molar-refractivity contribution < 1.29 is 13.2 Å². The third-order valence-electron chi connectivity index (χ3n) is 3.50. The smallest absolute Gasteiger partial charge is 0.243 e. The quantitative estimate of drug-likeness (QED) is 0.887. The van der Waals surface area contributed by atoms with Crippen molar-refractivity contribution in [1.82, 2.24) is 9.62 Å². The van der Waals surface area contributed by atoms with Gasteiger partial charge in [0.05, 0.1) is 17.6 Å². The number of hydrogen-bond acceptors (Lipinski definition) is 4. The molecule has 2 rings (SSSR count). The van der Waals surface area contributed by atoms with Gasteiger partial charge in [0.2, 0.25) is 10.0 Å². The molecule has 112 valence electrons. The summed E-state index contributed by atoms with van der Waals surface area (Å²) in [4.78, 5) is 0.356. The Hall–Kier alpha value is -0.950. The van der Waals surface area contributed by atoms with Crippen molar-refractivity contribution in [2.45, 2.75) is 30.9 Å². The largest absolute Gasteiger partial charge is 0.375 e. The van der Waals surface area contributed by atoms with Crippen LogP contribution in [-0.2, 0) is 21.3 Å². The Morgan fingerprint density at radius 2 is 2.05 bits per heavy atom. The lowest BCUT2D eigenvalue weighted by Crippen LogP contribution is -2.45. The van der Waals surface area contributed by atoms with E-state index in [2.05, 4.69) is 5.32 Å². The van der Waals surface area contributed by atoms with Gasteiger partial charge in [-0.25, -0.2) is 8.42 Å². The van der Waals surface area contributed by atoms with Gasteiger partial charge >= 0.3 is 0 Å². The maximum atomic E-state index is 12.6. The molecule has 0 radical (unpaired) electrons. The van der Waals surface area contributed by atoms with Crippen molar-refractivity contribution in [1.29, 1.82) is 0 Å². The molecule has 1 aliphatic heterocycles. The highest BCUT2D eigenvalue weighted by atomic mass is 32.2. The van der Waals surface area contributed by atoms with Gasteiger partial charge in [-0.05, 0) is 31.2 Å². The van der Waals surface area contributed by atoms with E-state index in [4.69, 9.17) is 4.74 Å². The number of hydrogen-bond donors (Lipinski definition) is 1. The molecular weight excluding hydrogens is 276 g/mol. The summed E-state index contributed by atoms with van der Waals surface area (Å²) in [6.45, 7) is 4.08. The lowest BCUT2D eigenvalue weighted by Gasteiger charge is -2.31. The van der Waals surface area contributed by atoms with E-state index in [0.717, 1.165) is 18.5 Å². The van der Waals surface area contributed by atoms with E-state index in [-0.39, 0.29) is 6.10 Å². The Kier molecular flexibility index (Phi) is 5.15. The first-order chi connectivity index (χ1) is 9.57. The second kappa shape index (κ2) is 6.67. The average molecular weight is 298 g/mol. The van der Waals surface area contributed by atoms with Crippen LogP contribution >= 0.6 is 0 Å². The second-order valence-electron chi connectivity index (χ2n) is 4.94. The zero-order valence-electron chi connectivity index (χ0n) is 12.0. The topological polar surface area (TPSA) is 58.6 Å². The van der Waals surface area contributed by atoms with Gasteiger partial charge in [0, 0.05) is 19.6 Å². The molecule has 0 aliphatic carbocycles. The van der Waals surface area contributed by atoms with E-state index < -0.39 is 10.0 Å². The molecule has 1 fully saturated rings. The number of nitrogens with zero attached hydrogens (tertiary/aromatic N) is 1. The Morgan fingerprint density at radius 1 is 1.35 bits per heavy atom. The van der Waals surface area contributed by atoms with Crippen molar-refractivity contribution in [2.75, 3.05) is 26.7 Å². The van der Waals surface area contributed by atoms with Gasteiger partial charge in [0.15, 0.2) is 0 Å². The predicted molar refractivity (Wildman–Crippen MR) is 78.0 cm³/mol. The summed E-state index contributed by atoms with van der Waals surface area (Å²) in [6.07, 6.45) is 0.828. The highest BCUT2D eigenvalue weighted by molar-refractivity contribution is 7.89. The molecule has 0 amide bonds. The Balaban J connectivity index is 2.16. The monoisotopic (exact) mass is 298 g/mol. The average Bonchev–Trinajstić information content (AvgIpc) is 2.48. The number of rotatable bonds is 5. The summed E-state index contributed by atoms with van der Waals surface area (Å²) in [5, 5.41) is 3.04. The molecule has 1 atom stereocenters. The fourth-order valence-corrected chi connectivity index (χ4v) is 3.75. The number of sulfonamides is 1. The van der Waals surface area contributed by atoms with E-state index in [1.165, 1.54) is 4.31 Å². The maximum Gasteiger partial charge on any atom is 0.243 e. The van der Waals surface area contributed by atoms with Crippen LogP contribution in [0.5, 0.6) is 0 Å². The first-order valence-electron chi connectivity index (χ1n) is 6.93. The van der Waals surface area contributed by atoms with Crippen molar-refractivity contribution in [2.24, 2.45) is 0 Å². The van der Waals surface area contributed by atoms with E-state index in [9.17, 15) is 8.42 Å². The highest BCUT2D eigenvalue weighted by Gasteiger charge is 2.29. The predicted octanol–water partition coefficient (Wildman–Crippen LogP) is 1.21. The Labute approximate surface area is 121 Å². The molecule has 1 saturated heterocycles. The molecule has 6 heteroatoms. The molecule has 5 nitrogen and oxygen atoms in total. The lowest BCUT2D eigenvalue weighted by atomic mass is 10.2. The fourth-order valence-electron chi connectivity index (χ4n) is 2.29. The van der Waals surface area contributed by atoms with Crippen LogP contribution in [0.4, 0.5) is 0 Å². The van der Waals surface area contributed by atoms with E-state index in [0.29, 0.717) is 24.6 Å². The van der Waals surface area contributed by atoms with Crippen molar-refractivity contribution in [3.63, 3.8) is 0 Å². The van der Waals surface area contributed by atoms with E-state index >= 15 is 0 Å². The minimum Gasteiger partial charge on any atom is -0.375 e. The zero-order chi connectivity index (χ0) is 14.6. The summed E-state index contributed by atoms with van der Waals surface area (Å²) >= 11 is 0. The third-order valence-corrected chi connectivity index (χ3v) is 5.38. The standard InChI is InChI=1S/C14H22N2O3S/c1-3-13-11-16(8-9-19-13)20(17,18)14-6-4-12(5-7-14)10-15-2/h4-7,13,15H,3,8-11H2,1-2H3. The number of benzene rings is 1. The third kappa shape index (κ3) is 3.38. The maximum absolute atomic E-state index is 12.6. The fraction of sp³-hybridized carbons (Fsp3) is 0.571. The Bertz CT molecular complexity index is 528. The zero-order valence-corrected chi connectivity index (χ0v) is 12.8. The molecule has 0 aromatic heterocycles. The van der Waals surface area contributed by atoms with Crippen LogP contribution in [0.15, 0.2) is 29.2 Å². The van der Waals surface area contributed by atoms with Crippen LogP contribution in [0.25, 0.3) is 0 Å². The van der Waals surface area contributed by atoms with Gasteiger partial charge in [-0.2, -0.15) is 4.31 Å². The van der Waals surface area contributed by atoms with Gasteiger partial charge in [-0.3, -0.25) is 0 Å². The molecule has 0 bridgehead atoms. The van der Waals surface area contributed by atoms with Crippen LogP contribution in [0.3, 0.4) is 0 Å². The van der Waals surface area contributed by atoms with Gasteiger partial charge in [-0.1, -0.05) is 19.1 Å². The van der Waals surface area contributed by atoms with Crippen LogP contribution in [-0.4, -0.2) is 45.6 Å². The summed E-state index contributed by atoms with van der Waals surface area (Å²) < 4.78 is 32.2. The summed E-state index contributed by atoms with van der Waals surface area (Å²) in [5.41, 5.74) is 1.07. The van der Waals surface area contributed by atoms with E-state index in [1.807, 2.05) is 26.1 Å². The van der Waals surface area contributed by atoms with Crippen LogP contribution < -0.4 is 5.32 Å². The molecule has 0 spiro atoms. The van der Waals surface area contributed by atoms with Gasteiger partial charge in [-0.15, -0.1) is 0 Å². The molecule has 1 unspecified atom stereocenters. The first kappa shape index (κ1) is 15.4. The Morgan fingerprint density at radius 3 is 2.65 bits per heavy atom. The van der Waals surface area contributed by atoms with Crippen molar-refractivity contribution >= 4 is 10.0 Å². The highest BCUT2D eigenvalue weighted by Crippen LogP contribution is 2.20. The molecule has 0 saturated carbocycles. The molecule has 1 heterocycles. The van der Waals surface area contributed by atoms with Gasteiger partial charge in [0.25, 0.3) is 0 Å². The van der Waals surface area contributed by atoms with E-state index in [1.54, 1.807) is 12.1 Å².